The third kappa shape index (κ3) is 3.39. The molecule has 0 fully saturated rings. The van der Waals surface area contributed by atoms with Crippen LogP contribution in [0.4, 0.5) is 14.7 Å². The fourth-order valence-electron chi connectivity index (χ4n) is 3.60. The zero-order valence-corrected chi connectivity index (χ0v) is 16.5. The lowest BCUT2D eigenvalue weighted by Crippen LogP contribution is -2.34. The summed E-state index contributed by atoms with van der Waals surface area (Å²) in [5, 5.41) is 4.37. The second-order valence-corrected chi connectivity index (χ2v) is 7.11. The van der Waals surface area contributed by atoms with Crippen molar-refractivity contribution in [3.05, 3.63) is 105 Å². The second-order valence-electron chi connectivity index (χ2n) is 7.11. The molecule has 2 N–H and O–H groups in total. The summed E-state index contributed by atoms with van der Waals surface area (Å²) < 4.78 is 28.4. The average Bonchev–Trinajstić information content (AvgIpc) is 2.78. The number of H-pyrrole nitrogens is 1. The molecule has 0 saturated carbocycles. The molecule has 0 aliphatic heterocycles. The number of hydrogen-bond acceptors (Lipinski definition) is 5. The summed E-state index contributed by atoms with van der Waals surface area (Å²) >= 11 is 0. The summed E-state index contributed by atoms with van der Waals surface area (Å²) in [5.74, 6) is -0.694. The van der Waals surface area contributed by atoms with Gasteiger partial charge in [0, 0.05) is 18.1 Å². The molecule has 0 aliphatic carbocycles. The fourth-order valence-corrected chi connectivity index (χ4v) is 3.60. The molecule has 0 amide bonds. The van der Waals surface area contributed by atoms with Crippen molar-refractivity contribution in [1.82, 2.24) is 19.5 Å². The maximum atomic E-state index is 14.0. The maximum absolute atomic E-state index is 14.0. The van der Waals surface area contributed by atoms with Crippen LogP contribution in [0.1, 0.15) is 5.56 Å². The average molecular weight is 431 g/mol. The molecule has 0 bridgehead atoms. The largest absolute Gasteiger partial charge is 0.350 e. The van der Waals surface area contributed by atoms with Gasteiger partial charge in [-0.15, -0.1) is 0 Å². The summed E-state index contributed by atoms with van der Waals surface area (Å²) in [6, 6.07) is 15.4. The molecular weight excluding hydrogens is 416 g/mol. The normalized spacial score (nSPS) is 11.2. The first-order chi connectivity index (χ1) is 15.5. The van der Waals surface area contributed by atoms with Crippen LogP contribution in [0.3, 0.4) is 0 Å². The monoisotopic (exact) mass is 431 g/mol. The Morgan fingerprint density at radius 3 is 2.56 bits per heavy atom. The third-order valence-electron chi connectivity index (χ3n) is 5.11. The van der Waals surface area contributed by atoms with Crippen LogP contribution in [0, 0.1) is 11.6 Å². The number of rotatable bonds is 4. The van der Waals surface area contributed by atoms with E-state index < -0.39 is 17.1 Å². The predicted octanol–water partition coefficient (Wildman–Crippen LogP) is 3.51. The number of nitrogens with zero attached hydrogens (tertiary/aromatic N) is 3. The molecule has 0 spiro atoms. The van der Waals surface area contributed by atoms with Gasteiger partial charge < -0.3 is 5.32 Å². The summed E-state index contributed by atoms with van der Waals surface area (Å²) in [7, 11) is 0. The smallest absolute Gasteiger partial charge is 0.334 e. The van der Waals surface area contributed by atoms with Gasteiger partial charge in [0.1, 0.15) is 17.0 Å². The van der Waals surface area contributed by atoms with Gasteiger partial charge in [0.25, 0.3) is 5.56 Å². The Morgan fingerprint density at radius 1 is 0.938 bits per heavy atom. The summed E-state index contributed by atoms with van der Waals surface area (Å²) in [6.45, 7) is 0.302. The van der Waals surface area contributed by atoms with Gasteiger partial charge in [-0.25, -0.2) is 23.1 Å². The Labute approximate surface area is 179 Å². The second kappa shape index (κ2) is 7.69. The van der Waals surface area contributed by atoms with Crippen LogP contribution >= 0.6 is 0 Å². The van der Waals surface area contributed by atoms with Gasteiger partial charge in [-0.3, -0.25) is 9.78 Å². The molecule has 0 saturated heterocycles. The van der Waals surface area contributed by atoms with Crippen molar-refractivity contribution in [3.63, 3.8) is 0 Å². The summed E-state index contributed by atoms with van der Waals surface area (Å²) in [5.41, 5.74) is -0.425. The zero-order valence-electron chi connectivity index (χ0n) is 16.5. The first-order valence-corrected chi connectivity index (χ1v) is 9.69. The van der Waals surface area contributed by atoms with Crippen LogP contribution < -0.4 is 16.6 Å². The minimum absolute atomic E-state index is 0.0501. The lowest BCUT2D eigenvalue weighted by Gasteiger charge is -2.10. The van der Waals surface area contributed by atoms with Crippen LogP contribution in [0.25, 0.3) is 27.5 Å². The predicted molar refractivity (Wildman–Crippen MR) is 117 cm³/mol. The maximum Gasteiger partial charge on any atom is 0.334 e. The topological polar surface area (TPSA) is 92.7 Å². The van der Waals surface area contributed by atoms with Crippen molar-refractivity contribution in [2.75, 3.05) is 5.32 Å². The van der Waals surface area contributed by atoms with E-state index in [2.05, 4.69) is 20.3 Å². The van der Waals surface area contributed by atoms with Gasteiger partial charge in [-0.1, -0.05) is 36.4 Å². The number of benzene rings is 3. The van der Waals surface area contributed by atoms with E-state index in [0.717, 1.165) is 21.6 Å². The Hall–Kier alpha value is -4.40. The first kappa shape index (κ1) is 19.6. The Kier molecular flexibility index (Phi) is 4.70. The van der Waals surface area contributed by atoms with Crippen LogP contribution in [-0.2, 0) is 6.54 Å². The quantitative estimate of drug-likeness (QED) is 0.454. The Morgan fingerprint density at radius 2 is 1.72 bits per heavy atom. The SMILES string of the molecule is O=c1[nH]c2nc(NCc3cccc4c(F)cccc34)ncc2c(=O)n1-c1cccc(F)c1. The first-order valence-electron chi connectivity index (χ1n) is 9.69. The fraction of sp³-hybridized carbons (Fsp3) is 0.0435. The molecule has 3 aromatic carbocycles. The van der Waals surface area contributed by atoms with Crippen molar-refractivity contribution in [2.24, 2.45) is 0 Å². The van der Waals surface area contributed by atoms with Gasteiger partial charge in [0.15, 0.2) is 5.65 Å². The van der Waals surface area contributed by atoms with Crippen LogP contribution in [0.2, 0.25) is 0 Å². The molecule has 2 aromatic heterocycles. The van der Waals surface area contributed by atoms with E-state index in [1.54, 1.807) is 18.2 Å². The highest BCUT2D eigenvalue weighted by Gasteiger charge is 2.13. The molecule has 7 nitrogen and oxygen atoms in total. The molecular formula is C23H15F2N5O2. The van der Waals surface area contributed by atoms with Gasteiger partial charge in [0.05, 0.1) is 5.69 Å². The van der Waals surface area contributed by atoms with Gasteiger partial charge in [-0.05, 0) is 35.2 Å². The highest BCUT2D eigenvalue weighted by atomic mass is 19.1. The Balaban J connectivity index is 1.50. The van der Waals surface area contributed by atoms with Crippen molar-refractivity contribution in [1.29, 1.82) is 0 Å². The zero-order chi connectivity index (χ0) is 22.2. The minimum atomic E-state index is -0.748. The third-order valence-corrected chi connectivity index (χ3v) is 5.11. The molecule has 0 atom stereocenters. The number of fused-ring (bicyclic) bond motifs is 2. The molecule has 0 aliphatic rings. The number of aromatic amines is 1. The van der Waals surface area contributed by atoms with Gasteiger partial charge in [-0.2, -0.15) is 4.98 Å². The van der Waals surface area contributed by atoms with Gasteiger partial charge >= 0.3 is 5.69 Å². The van der Waals surface area contributed by atoms with Crippen molar-refractivity contribution < 1.29 is 8.78 Å². The van der Waals surface area contributed by atoms with Crippen molar-refractivity contribution >= 4 is 27.8 Å². The number of nitrogens with one attached hydrogen (secondary N) is 2. The number of halogens is 2. The van der Waals surface area contributed by atoms with E-state index in [0.29, 0.717) is 11.9 Å². The molecule has 2 heterocycles. The molecule has 9 heteroatoms. The van der Waals surface area contributed by atoms with Crippen LogP contribution in [0.5, 0.6) is 0 Å². The molecule has 0 radical (unpaired) electrons. The number of hydrogen-bond donors (Lipinski definition) is 2. The van der Waals surface area contributed by atoms with E-state index in [4.69, 9.17) is 0 Å². The minimum Gasteiger partial charge on any atom is -0.350 e. The van der Waals surface area contributed by atoms with E-state index in [9.17, 15) is 18.4 Å². The number of anilines is 1. The molecule has 158 valence electrons. The molecule has 5 aromatic rings. The van der Waals surface area contributed by atoms with Gasteiger partial charge in [0.2, 0.25) is 5.95 Å². The molecule has 32 heavy (non-hydrogen) atoms. The van der Waals surface area contributed by atoms with Crippen molar-refractivity contribution in [3.8, 4) is 5.69 Å². The van der Waals surface area contributed by atoms with E-state index >= 15 is 0 Å². The van der Waals surface area contributed by atoms with E-state index in [1.165, 1.54) is 30.5 Å². The lowest BCUT2D eigenvalue weighted by molar-refractivity contribution is 0.626. The summed E-state index contributed by atoms with van der Waals surface area (Å²) in [4.78, 5) is 36.2. The standard InChI is InChI=1S/C23H15F2N5O2/c24-14-5-2-6-15(10-14)30-21(31)18-12-27-22(28-20(18)29-23(30)32)26-11-13-4-1-8-17-16(13)7-3-9-19(17)25/h1-10,12H,11H2,(H2,26,27,28,29,32). The molecule has 0 unspecified atom stereocenters. The highest BCUT2D eigenvalue weighted by Crippen LogP contribution is 2.22. The number of aromatic nitrogens is 4. The van der Waals surface area contributed by atoms with Crippen molar-refractivity contribution in [2.45, 2.75) is 6.54 Å². The highest BCUT2D eigenvalue weighted by molar-refractivity contribution is 5.86. The molecule has 5 rings (SSSR count). The van der Waals surface area contributed by atoms with Crippen LogP contribution in [0.15, 0.2) is 76.4 Å². The van der Waals surface area contributed by atoms with Crippen LogP contribution in [-0.4, -0.2) is 19.5 Å². The Bertz CT molecular complexity index is 1610. The summed E-state index contributed by atoms with van der Waals surface area (Å²) in [6.07, 6.45) is 1.29. The van der Waals surface area contributed by atoms with E-state index in [-0.39, 0.29) is 28.5 Å². The lowest BCUT2D eigenvalue weighted by atomic mass is 10.0. The van der Waals surface area contributed by atoms with E-state index in [1.807, 2.05) is 12.1 Å².